The number of hydrogen-bond donors (Lipinski definition) is 3. The second-order valence-electron chi connectivity index (χ2n) is 6.63. The Bertz CT molecular complexity index is 1370. The fourth-order valence-electron chi connectivity index (χ4n) is 2.74. The molecule has 0 fully saturated rings. The molecule has 7 nitrogen and oxygen atoms in total. The van der Waals surface area contributed by atoms with Crippen molar-refractivity contribution in [2.75, 3.05) is 11.1 Å². The number of nitrogen functional groups attached to an aromatic ring is 1. The number of benzene rings is 2. The van der Waals surface area contributed by atoms with Crippen LogP contribution in [0, 0.1) is 0 Å². The van der Waals surface area contributed by atoms with Crippen molar-refractivity contribution < 1.29 is 8.42 Å². The first-order chi connectivity index (χ1) is 15.4. The van der Waals surface area contributed by atoms with Gasteiger partial charge in [0.1, 0.15) is 15.7 Å². The summed E-state index contributed by atoms with van der Waals surface area (Å²) in [6, 6.07) is 16.2. The first-order valence-corrected chi connectivity index (χ1v) is 12.6. The van der Waals surface area contributed by atoms with Crippen LogP contribution in [-0.2, 0) is 10.0 Å². The summed E-state index contributed by atoms with van der Waals surface area (Å²) in [5, 5.41) is 11.6. The average molecular weight is 482 g/mol. The molecule has 0 amide bonds. The summed E-state index contributed by atoms with van der Waals surface area (Å²) in [5.41, 5.74) is 8.75. The standard InChI is InChI=1S/C22H19N5O2S3/c23-20-19(31-22(27-20)26-16-10-12-18(13-11-16)32(24,28)29)21-25-17(14-30-21)9-5-4-8-15-6-2-1-3-7-15/h1-14H,23H2,(H,26,27)(H2,24,28,29). The predicted octanol–water partition coefficient (Wildman–Crippen LogP) is 4.97. The quantitative estimate of drug-likeness (QED) is 0.320. The summed E-state index contributed by atoms with van der Waals surface area (Å²) in [5.74, 6) is 0.382. The van der Waals surface area contributed by atoms with Crippen LogP contribution >= 0.6 is 22.7 Å². The summed E-state index contributed by atoms with van der Waals surface area (Å²) < 4.78 is 22.7. The molecule has 4 aromatic rings. The molecule has 0 bridgehead atoms. The van der Waals surface area contributed by atoms with Crippen molar-refractivity contribution in [1.29, 1.82) is 0 Å². The molecule has 5 N–H and O–H groups in total. The number of hydrogen-bond acceptors (Lipinski definition) is 8. The molecule has 4 rings (SSSR count). The minimum absolute atomic E-state index is 0.0457. The van der Waals surface area contributed by atoms with Gasteiger partial charge in [-0.05, 0) is 35.9 Å². The third-order valence-corrected chi connectivity index (χ3v) is 7.20. The molecular formula is C22H19N5O2S3. The Balaban J connectivity index is 1.44. The van der Waals surface area contributed by atoms with Crippen LogP contribution in [0.2, 0.25) is 0 Å². The molecule has 32 heavy (non-hydrogen) atoms. The smallest absolute Gasteiger partial charge is 0.238 e. The molecule has 10 heteroatoms. The van der Waals surface area contributed by atoms with Gasteiger partial charge < -0.3 is 11.1 Å². The zero-order chi connectivity index (χ0) is 22.6. The van der Waals surface area contributed by atoms with E-state index < -0.39 is 10.0 Å². The maximum Gasteiger partial charge on any atom is 0.238 e. The van der Waals surface area contributed by atoms with Gasteiger partial charge in [0.25, 0.3) is 0 Å². The Morgan fingerprint density at radius 1 is 0.938 bits per heavy atom. The fraction of sp³-hybridized carbons (Fsp3) is 0. The van der Waals surface area contributed by atoms with Gasteiger partial charge in [0, 0.05) is 11.1 Å². The lowest BCUT2D eigenvalue weighted by Gasteiger charge is -2.03. The van der Waals surface area contributed by atoms with Crippen molar-refractivity contribution in [1.82, 2.24) is 9.97 Å². The summed E-state index contributed by atoms with van der Waals surface area (Å²) in [6.07, 6.45) is 7.87. The third-order valence-electron chi connectivity index (χ3n) is 4.27. The van der Waals surface area contributed by atoms with E-state index in [9.17, 15) is 8.42 Å². The number of primary sulfonamides is 1. The molecule has 0 saturated carbocycles. The van der Waals surface area contributed by atoms with E-state index in [-0.39, 0.29) is 4.90 Å². The van der Waals surface area contributed by atoms with Crippen LogP contribution in [0.5, 0.6) is 0 Å². The van der Waals surface area contributed by atoms with Gasteiger partial charge in [-0.3, -0.25) is 0 Å². The van der Waals surface area contributed by atoms with Gasteiger partial charge in [0.05, 0.1) is 10.6 Å². The number of aromatic nitrogens is 2. The number of nitrogens with zero attached hydrogens (tertiary/aromatic N) is 2. The number of allylic oxidation sites excluding steroid dienone is 2. The summed E-state index contributed by atoms with van der Waals surface area (Å²) in [4.78, 5) is 9.80. The summed E-state index contributed by atoms with van der Waals surface area (Å²) >= 11 is 2.87. The summed E-state index contributed by atoms with van der Waals surface area (Å²) in [6.45, 7) is 0. The molecule has 0 unspecified atom stereocenters. The lowest BCUT2D eigenvalue weighted by atomic mass is 10.2. The fourth-order valence-corrected chi connectivity index (χ4v) is 5.05. The Labute approximate surface area is 193 Å². The maximum atomic E-state index is 11.4. The lowest BCUT2D eigenvalue weighted by Crippen LogP contribution is -2.11. The number of anilines is 3. The van der Waals surface area contributed by atoms with E-state index >= 15 is 0 Å². The van der Waals surface area contributed by atoms with E-state index in [2.05, 4.69) is 15.3 Å². The van der Waals surface area contributed by atoms with E-state index in [0.717, 1.165) is 21.1 Å². The molecule has 2 aromatic carbocycles. The van der Waals surface area contributed by atoms with Crippen molar-refractivity contribution >= 4 is 61.5 Å². The second kappa shape index (κ2) is 9.45. The van der Waals surface area contributed by atoms with Crippen LogP contribution in [0.3, 0.4) is 0 Å². The second-order valence-corrected chi connectivity index (χ2v) is 10.1. The minimum Gasteiger partial charge on any atom is -0.382 e. The van der Waals surface area contributed by atoms with Gasteiger partial charge in [-0.1, -0.05) is 59.9 Å². The molecule has 0 aliphatic heterocycles. The first kappa shape index (κ1) is 21.9. The molecule has 2 heterocycles. The Morgan fingerprint density at radius 3 is 2.38 bits per heavy atom. The van der Waals surface area contributed by atoms with Gasteiger partial charge in [0.15, 0.2) is 5.13 Å². The van der Waals surface area contributed by atoms with E-state index in [0.29, 0.717) is 16.6 Å². The van der Waals surface area contributed by atoms with Gasteiger partial charge in [-0.25, -0.2) is 23.5 Å². The van der Waals surface area contributed by atoms with Gasteiger partial charge in [-0.15, -0.1) is 11.3 Å². The summed E-state index contributed by atoms with van der Waals surface area (Å²) in [7, 11) is -3.73. The topological polar surface area (TPSA) is 124 Å². The highest BCUT2D eigenvalue weighted by Crippen LogP contribution is 2.37. The van der Waals surface area contributed by atoms with Crippen LogP contribution < -0.4 is 16.2 Å². The van der Waals surface area contributed by atoms with E-state index in [4.69, 9.17) is 10.9 Å². The Morgan fingerprint density at radius 2 is 1.66 bits per heavy atom. The number of nitrogens with two attached hydrogens (primary N) is 2. The number of rotatable bonds is 7. The van der Waals surface area contributed by atoms with Crippen molar-refractivity contribution in [3.63, 3.8) is 0 Å². The van der Waals surface area contributed by atoms with E-state index in [1.54, 1.807) is 12.1 Å². The predicted molar refractivity (Wildman–Crippen MR) is 133 cm³/mol. The lowest BCUT2D eigenvalue weighted by molar-refractivity contribution is 0.598. The Kier molecular flexibility index (Phi) is 6.47. The molecule has 0 aliphatic rings. The van der Waals surface area contributed by atoms with Crippen molar-refractivity contribution in [2.24, 2.45) is 5.14 Å². The van der Waals surface area contributed by atoms with Crippen LogP contribution in [0.25, 0.3) is 22.0 Å². The van der Waals surface area contributed by atoms with Gasteiger partial charge in [-0.2, -0.15) is 0 Å². The van der Waals surface area contributed by atoms with Crippen LogP contribution in [0.4, 0.5) is 16.6 Å². The third kappa shape index (κ3) is 5.48. The highest BCUT2D eigenvalue weighted by atomic mass is 32.2. The molecule has 0 spiro atoms. The number of thiazole rings is 2. The van der Waals surface area contributed by atoms with E-state index in [1.807, 2.05) is 60.0 Å². The minimum atomic E-state index is -3.73. The highest BCUT2D eigenvalue weighted by Gasteiger charge is 2.14. The normalized spacial score (nSPS) is 12.0. The maximum absolute atomic E-state index is 11.4. The van der Waals surface area contributed by atoms with Gasteiger partial charge >= 0.3 is 0 Å². The monoisotopic (exact) mass is 481 g/mol. The SMILES string of the molecule is Nc1nc(Nc2ccc(S(N)(=O)=O)cc2)sc1-c1nc(C=CC=Cc2ccccc2)cs1. The molecule has 0 radical (unpaired) electrons. The largest absolute Gasteiger partial charge is 0.382 e. The zero-order valence-electron chi connectivity index (χ0n) is 16.7. The van der Waals surface area contributed by atoms with Crippen LogP contribution in [0.1, 0.15) is 11.3 Å². The highest BCUT2D eigenvalue weighted by molar-refractivity contribution is 7.89. The van der Waals surface area contributed by atoms with Crippen LogP contribution in [0.15, 0.2) is 77.0 Å². The van der Waals surface area contributed by atoms with Crippen molar-refractivity contribution in [3.8, 4) is 9.88 Å². The van der Waals surface area contributed by atoms with Crippen molar-refractivity contribution in [2.45, 2.75) is 4.90 Å². The molecule has 0 saturated heterocycles. The zero-order valence-corrected chi connectivity index (χ0v) is 19.1. The van der Waals surface area contributed by atoms with E-state index in [1.165, 1.54) is 34.8 Å². The van der Waals surface area contributed by atoms with Gasteiger partial charge in [0.2, 0.25) is 10.0 Å². The molecular weight excluding hydrogens is 462 g/mol. The average Bonchev–Trinajstić information content (AvgIpc) is 3.38. The molecule has 162 valence electrons. The molecule has 0 atom stereocenters. The first-order valence-electron chi connectivity index (χ1n) is 9.40. The van der Waals surface area contributed by atoms with Crippen molar-refractivity contribution in [3.05, 3.63) is 83.4 Å². The molecule has 2 aromatic heterocycles. The number of sulfonamides is 1. The number of nitrogens with one attached hydrogen (secondary N) is 1. The Hall–Kier alpha value is -3.31. The van der Waals surface area contributed by atoms with Crippen LogP contribution in [-0.4, -0.2) is 18.4 Å². The molecule has 0 aliphatic carbocycles.